The number of amides is 5. The van der Waals surface area contributed by atoms with Gasteiger partial charge in [0, 0.05) is 62.2 Å². The van der Waals surface area contributed by atoms with Crippen LogP contribution in [-0.4, -0.2) is 116 Å². The van der Waals surface area contributed by atoms with Gasteiger partial charge >= 0.3 is 12.2 Å². The molecule has 3 aromatic carbocycles. The van der Waals surface area contributed by atoms with E-state index in [2.05, 4.69) is 28.2 Å². The second-order valence-corrected chi connectivity index (χ2v) is 23.1. The number of ketones is 3. The molecule has 1 aliphatic heterocycles. The van der Waals surface area contributed by atoms with E-state index in [4.69, 9.17) is 28.9 Å². The minimum absolute atomic E-state index is 0.0183. The number of Topliss-reactive ketones (excluding diaryl/α,β-unsaturated/α-hetero) is 3. The predicted molar refractivity (Wildman–Crippen MR) is 316 cm³/mol. The fourth-order valence-corrected chi connectivity index (χ4v) is 9.45. The zero-order chi connectivity index (χ0) is 62.0. The van der Waals surface area contributed by atoms with Crippen molar-refractivity contribution in [1.82, 2.24) is 26.2 Å². The topological polar surface area (TPSA) is 282 Å². The third kappa shape index (κ3) is 23.0. The average Bonchev–Trinajstić information content (AvgIpc) is 1.82. The monoisotopic (exact) mass is 1160 g/mol. The summed E-state index contributed by atoms with van der Waals surface area (Å²) < 4.78 is 29.6. The van der Waals surface area contributed by atoms with Crippen LogP contribution in [-0.2, 0) is 46.3 Å². The maximum Gasteiger partial charge on any atom is 0.407 e. The number of unbranched alkanes of at least 4 members (excludes halogenated alkanes) is 5. The molecule has 0 aliphatic carbocycles. The van der Waals surface area contributed by atoms with Crippen molar-refractivity contribution in [2.24, 2.45) is 11.8 Å². The number of nitrogens with zero attached hydrogens (tertiary/aromatic N) is 3. The number of alkyl carbamates (subject to hydrolysis) is 2. The normalized spacial score (nSPS) is 15.5. The molecule has 0 aromatic heterocycles. The highest BCUT2D eigenvalue weighted by Gasteiger charge is 2.37. The van der Waals surface area contributed by atoms with E-state index in [0.29, 0.717) is 46.6 Å². The first-order valence-electron chi connectivity index (χ1n) is 29.3. The van der Waals surface area contributed by atoms with E-state index >= 15 is 9.59 Å². The molecule has 1 aliphatic rings. The molecule has 84 heavy (non-hydrogen) atoms. The summed E-state index contributed by atoms with van der Waals surface area (Å²) in [6, 6.07) is 16.7. The second kappa shape index (κ2) is 33.9. The Balaban J connectivity index is 1.89. The number of carbonyl (C=O) groups excluding carboxylic acids is 8. The van der Waals surface area contributed by atoms with Crippen molar-refractivity contribution in [2.75, 3.05) is 46.5 Å². The Labute approximate surface area is 495 Å². The Morgan fingerprint density at radius 2 is 1.37 bits per heavy atom. The highest BCUT2D eigenvalue weighted by Crippen LogP contribution is 2.41. The highest BCUT2D eigenvalue weighted by molar-refractivity contribution is 6.02. The number of nitrogens with one attached hydrogen (secondary N) is 4. The van der Waals surface area contributed by atoms with Crippen LogP contribution in [0, 0.1) is 34.5 Å². The van der Waals surface area contributed by atoms with Crippen LogP contribution in [0.1, 0.15) is 172 Å². The van der Waals surface area contributed by atoms with Crippen LogP contribution in [0.15, 0.2) is 54.6 Å². The van der Waals surface area contributed by atoms with Gasteiger partial charge in [0.05, 0.1) is 36.9 Å². The molecule has 4 rings (SSSR count). The minimum Gasteiger partial charge on any atom is -0.493 e. The molecular formula is C64H87N7O13. The van der Waals surface area contributed by atoms with Crippen LogP contribution in [0.4, 0.5) is 9.59 Å². The third-order valence-electron chi connectivity index (χ3n) is 13.6. The SMILES string of the molecule is CCCCCCCCc1ccc(C(=O)C[C@@H](CCNC(=O)OC(C)(C)C)C(=O)N(C)[C@@H]2C(=O)C[C@@H](C)C(=O)N[C@H](C(=O)CCC#N)Cc3ccc(OCCNC(=O)OC(C)(C)C)c(c3)-c3cc2ccc3OCCC)c(OCC(=O)NCC#N)c1. The number of carbonyl (C=O) groups is 8. The van der Waals surface area contributed by atoms with Crippen LogP contribution in [0.3, 0.4) is 0 Å². The van der Waals surface area contributed by atoms with Gasteiger partial charge in [-0.2, -0.15) is 10.5 Å². The van der Waals surface area contributed by atoms with Crippen LogP contribution < -0.4 is 35.5 Å². The Morgan fingerprint density at radius 1 is 0.726 bits per heavy atom. The van der Waals surface area contributed by atoms with Gasteiger partial charge in [-0.25, -0.2) is 9.59 Å². The molecule has 1 heterocycles. The number of fused-ring (bicyclic) bond motifs is 5. The molecule has 0 unspecified atom stereocenters. The summed E-state index contributed by atoms with van der Waals surface area (Å²) in [5.74, 6) is -4.76. The summed E-state index contributed by atoms with van der Waals surface area (Å²) in [4.78, 5) is 113. The summed E-state index contributed by atoms with van der Waals surface area (Å²) >= 11 is 0. The molecule has 0 saturated heterocycles. The molecule has 20 heteroatoms. The van der Waals surface area contributed by atoms with Crippen LogP contribution >= 0.6 is 0 Å². The Hall–Kier alpha value is -8.00. The molecule has 4 atom stereocenters. The fourth-order valence-electron chi connectivity index (χ4n) is 9.45. The Kier molecular flexibility index (Phi) is 27.7. The summed E-state index contributed by atoms with van der Waals surface area (Å²) in [6.07, 6.45) is 5.10. The molecule has 0 spiro atoms. The number of aryl methyl sites for hydroxylation is 1. The first-order valence-corrected chi connectivity index (χ1v) is 29.3. The number of nitriles is 2. The lowest BCUT2D eigenvalue weighted by Gasteiger charge is -2.32. The van der Waals surface area contributed by atoms with E-state index in [0.717, 1.165) is 44.1 Å². The Bertz CT molecular complexity index is 2840. The molecular weight excluding hydrogens is 1070 g/mol. The highest BCUT2D eigenvalue weighted by atomic mass is 16.6. The van der Waals surface area contributed by atoms with Crippen LogP contribution in [0.2, 0.25) is 0 Å². The number of likely N-dealkylation sites (N-methyl/N-ethyl adjacent to an activating group) is 1. The van der Waals surface area contributed by atoms with Crippen molar-refractivity contribution >= 4 is 47.3 Å². The number of hydrogen-bond acceptors (Lipinski definition) is 15. The minimum atomic E-state index is -1.41. The van der Waals surface area contributed by atoms with E-state index in [-0.39, 0.29) is 69.8 Å². The summed E-state index contributed by atoms with van der Waals surface area (Å²) in [7, 11) is 1.43. The maximum absolute atomic E-state index is 15.5. The zero-order valence-corrected chi connectivity index (χ0v) is 50.8. The van der Waals surface area contributed by atoms with Gasteiger partial charge < -0.3 is 49.9 Å². The quantitative estimate of drug-likeness (QED) is 0.0286. The smallest absolute Gasteiger partial charge is 0.407 e. The lowest BCUT2D eigenvalue weighted by atomic mass is 9.88. The predicted octanol–water partition coefficient (Wildman–Crippen LogP) is 9.78. The van der Waals surface area contributed by atoms with E-state index in [9.17, 15) is 34.0 Å². The van der Waals surface area contributed by atoms with E-state index in [1.807, 2.05) is 25.1 Å². The second-order valence-electron chi connectivity index (χ2n) is 23.1. The van der Waals surface area contributed by atoms with Gasteiger partial charge in [-0.05, 0) is 127 Å². The van der Waals surface area contributed by atoms with Crippen molar-refractivity contribution < 1.29 is 62.0 Å². The molecule has 5 amide bonds. The van der Waals surface area contributed by atoms with Gasteiger partial charge in [-0.15, -0.1) is 0 Å². The van der Waals surface area contributed by atoms with Crippen LogP contribution in [0.25, 0.3) is 11.1 Å². The first kappa shape index (κ1) is 68.5. The standard InChI is InChI=1S/C64H87N7O13/c1-11-13-14-15-16-17-19-43-21-24-47(56(38-43)82-41-57(75)67-31-29-66)52(73)40-46(27-30-68-61(78)83-63(4,5)6)60(77)71(10)58-45-23-26-55(80-33-12-2)49(39-45)48-36-44(22-25-54(48)81-34-32-69-62(79)84-64(7,8)9)37-50(51(72)20-18-28-65)70-59(76)42(3)35-53(58)74/h21-26,36,38-39,42,46,50,58H,11-20,27,30-35,37,40-41H2,1-10H3,(H,67,75)(H,68,78)(H,69,79)(H,70,76)/t42-,46-,50+,58+/m1/s1. The number of hydrogen-bond donors (Lipinski definition) is 4. The molecule has 0 radical (unpaired) electrons. The van der Waals surface area contributed by atoms with Gasteiger partial charge in [0.15, 0.2) is 24.0 Å². The third-order valence-corrected chi connectivity index (χ3v) is 13.6. The lowest BCUT2D eigenvalue weighted by molar-refractivity contribution is -0.142. The molecule has 3 aromatic rings. The maximum atomic E-state index is 15.5. The first-order chi connectivity index (χ1) is 39.9. The van der Waals surface area contributed by atoms with Gasteiger partial charge in [-0.1, -0.05) is 71.1 Å². The van der Waals surface area contributed by atoms with Crippen molar-refractivity contribution in [1.29, 1.82) is 10.5 Å². The van der Waals surface area contributed by atoms with Gasteiger partial charge in [0.1, 0.15) is 47.6 Å². The van der Waals surface area contributed by atoms with Gasteiger partial charge in [-0.3, -0.25) is 28.8 Å². The van der Waals surface area contributed by atoms with Crippen molar-refractivity contribution in [3.8, 4) is 40.5 Å². The van der Waals surface area contributed by atoms with Gasteiger partial charge in [0.2, 0.25) is 11.8 Å². The van der Waals surface area contributed by atoms with Crippen molar-refractivity contribution in [3.63, 3.8) is 0 Å². The Morgan fingerprint density at radius 3 is 2.02 bits per heavy atom. The van der Waals surface area contributed by atoms with Crippen LogP contribution in [0.5, 0.6) is 17.2 Å². The zero-order valence-electron chi connectivity index (χ0n) is 50.8. The molecule has 4 bridgehead atoms. The number of ether oxygens (including phenoxy) is 5. The van der Waals surface area contributed by atoms with Crippen molar-refractivity contribution in [3.05, 3.63) is 76.9 Å². The summed E-state index contributed by atoms with van der Waals surface area (Å²) in [5.41, 5.74) is 1.17. The lowest BCUT2D eigenvalue weighted by Crippen LogP contribution is -2.46. The summed E-state index contributed by atoms with van der Waals surface area (Å²) in [6.45, 7) is 15.4. The number of benzene rings is 3. The largest absolute Gasteiger partial charge is 0.493 e. The van der Waals surface area contributed by atoms with Gasteiger partial charge in [0.25, 0.3) is 5.91 Å². The number of rotatable bonds is 29. The molecule has 4 N–H and O–H groups in total. The molecule has 0 saturated carbocycles. The molecule has 0 fully saturated rings. The average molecular weight is 1160 g/mol. The van der Waals surface area contributed by atoms with E-state index in [1.54, 1.807) is 97.0 Å². The molecule has 20 nitrogen and oxygen atoms in total. The van der Waals surface area contributed by atoms with Crippen molar-refractivity contribution in [2.45, 2.75) is 175 Å². The molecule has 456 valence electrons. The summed E-state index contributed by atoms with van der Waals surface area (Å²) in [5, 5.41) is 29.1. The van der Waals surface area contributed by atoms with E-state index < -0.39 is 102 Å². The fraction of sp³-hybridized carbons (Fsp3) is 0.562. The van der Waals surface area contributed by atoms with E-state index in [1.165, 1.54) is 11.9 Å².